The Bertz CT molecular complexity index is 615. The fraction of sp³-hybridized carbons (Fsp3) is 0.267. The van der Waals surface area contributed by atoms with E-state index in [-0.39, 0.29) is 11.6 Å². The number of amides is 1. The van der Waals surface area contributed by atoms with E-state index in [1.165, 1.54) is 17.0 Å². The fourth-order valence-corrected chi connectivity index (χ4v) is 1.77. The van der Waals surface area contributed by atoms with Crippen molar-refractivity contribution in [2.45, 2.75) is 13.3 Å². The largest absolute Gasteiger partial charge is 0.369 e. The van der Waals surface area contributed by atoms with E-state index in [4.69, 9.17) is 0 Å². The third kappa shape index (κ3) is 3.75. The fourth-order valence-electron chi connectivity index (χ4n) is 1.77. The molecule has 0 fully saturated rings. The minimum atomic E-state index is -0.391. The van der Waals surface area contributed by atoms with Crippen molar-refractivity contribution in [2.75, 3.05) is 23.8 Å². The number of hydrogen-bond acceptors (Lipinski definition) is 4. The first-order chi connectivity index (χ1) is 10.1. The second-order valence-corrected chi connectivity index (χ2v) is 4.57. The number of aromatic nitrogens is 2. The molecule has 0 spiro atoms. The minimum absolute atomic E-state index is 0.212. The van der Waals surface area contributed by atoms with Crippen molar-refractivity contribution in [3.05, 3.63) is 47.9 Å². The standard InChI is InChI=1S/C15H17FN4O/c1-3-9-17-14-8-7-13(18-19-14)15(21)20(2)12-6-4-5-11(16)10-12/h4-8,10H,3,9H2,1-2H3,(H,17,19). The molecule has 0 aliphatic heterocycles. The number of halogens is 1. The number of nitrogens with zero attached hydrogens (tertiary/aromatic N) is 3. The first kappa shape index (κ1) is 14.9. The lowest BCUT2D eigenvalue weighted by Crippen LogP contribution is -2.27. The molecule has 6 heteroatoms. The zero-order valence-corrected chi connectivity index (χ0v) is 12.0. The quantitative estimate of drug-likeness (QED) is 0.919. The van der Waals surface area contributed by atoms with Gasteiger partial charge in [0.05, 0.1) is 0 Å². The normalized spacial score (nSPS) is 10.2. The van der Waals surface area contributed by atoms with Gasteiger partial charge in [0.1, 0.15) is 11.6 Å². The van der Waals surface area contributed by atoms with Crippen LogP contribution in [0.1, 0.15) is 23.8 Å². The molecule has 2 aromatic rings. The molecule has 0 bridgehead atoms. The van der Waals surface area contributed by atoms with Crippen molar-refractivity contribution in [3.8, 4) is 0 Å². The molecule has 0 saturated heterocycles. The molecule has 1 heterocycles. The first-order valence-corrected chi connectivity index (χ1v) is 6.73. The number of nitrogens with one attached hydrogen (secondary N) is 1. The summed E-state index contributed by atoms with van der Waals surface area (Å²) in [6, 6.07) is 9.14. The molecule has 0 unspecified atom stereocenters. The van der Waals surface area contributed by atoms with Crippen LogP contribution in [-0.4, -0.2) is 29.7 Å². The van der Waals surface area contributed by atoms with Crippen molar-refractivity contribution in [3.63, 3.8) is 0 Å². The van der Waals surface area contributed by atoms with Crippen LogP contribution in [0.5, 0.6) is 0 Å². The Hall–Kier alpha value is -2.50. The smallest absolute Gasteiger partial charge is 0.278 e. The van der Waals surface area contributed by atoms with Gasteiger partial charge in [0.25, 0.3) is 5.91 Å². The zero-order chi connectivity index (χ0) is 15.2. The Morgan fingerprint density at radius 2 is 2.10 bits per heavy atom. The molecule has 0 saturated carbocycles. The molecule has 110 valence electrons. The van der Waals surface area contributed by atoms with Gasteiger partial charge in [-0.25, -0.2) is 4.39 Å². The average molecular weight is 288 g/mol. The number of rotatable bonds is 5. The van der Waals surface area contributed by atoms with Gasteiger partial charge < -0.3 is 10.2 Å². The monoisotopic (exact) mass is 288 g/mol. The van der Waals surface area contributed by atoms with E-state index in [9.17, 15) is 9.18 Å². The SMILES string of the molecule is CCCNc1ccc(C(=O)N(C)c2cccc(F)c2)nn1. The molecular formula is C15H17FN4O. The summed E-state index contributed by atoms with van der Waals surface area (Å²) in [5, 5.41) is 10.9. The van der Waals surface area contributed by atoms with Gasteiger partial charge in [-0.3, -0.25) is 4.79 Å². The predicted molar refractivity (Wildman–Crippen MR) is 79.9 cm³/mol. The number of hydrogen-bond donors (Lipinski definition) is 1. The lowest BCUT2D eigenvalue weighted by Gasteiger charge is -2.16. The van der Waals surface area contributed by atoms with Crippen LogP contribution in [0, 0.1) is 5.82 Å². The molecule has 5 nitrogen and oxygen atoms in total. The summed E-state index contributed by atoms with van der Waals surface area (Å²) in [7, 11) is 1.57. The highest BCUT2D eigenvalue weighted by Gasteiger charge is 2.15. The van der Waals surface area contributed by atoms with Gasteiger partial charge in [0.15, 0.2) is 5.69 Å². The van der Waals surface area contributed by atoms with Gasteiger partial charge in [-0.1, -0.05) is 13.0 Å². The topological polar surface area (TPSA) is 58.1 Å². The van der Waals surface area contributed by atoms with E-state index in [0.717, 1.165) is 13.0 Å². The lowest BCUT2D eigenvalue weighted by molar-refractivity contribution is 0.0987. The van der Waals surface area contributed by atoms with Gasteiger partial charge in [0.2, 0.25) is 0 Å². The molecule has 0 aliphatic carbocycles. The first-order valence-electron chi connectivity index (χ1n) is 6.73. The van der Waals surface area contributed by atoms with Gasteiger partial charge in [-0.15, -0.1) is 10.2 Å². The van der Waals surface area contributed by atoms with Gasteiger partial charge in [-0.05, 0) is 36.8 Å². The van der Waals surface area contributed by atoms with E-state index in [0.29, 0.717) is 11.5 Å². The predicted octanol–water partition coefficient (Wildman–Crippen LogP) is 2.71. The third-order valence-corrected chi connectivity index (χ3v) is 2.94. The van der Waals surface area contributed by atoms with Crippen LogP contribution in [0.4, 0.5) is 15.9 Å². The maximum atomic E-state index is 13.2. The van der Waals surface area contributed by atoms with Gasteiger partial charge >= 0.3 is 0 Å². The van der Waals surface area contributed by atoms with Crippen molar-refractivity contribution in [1.82, 2.24) is 10.2 Å². The second kappa shape index (κ2) is 6.78. The van der Waals surface area contributed by atoms with E-state index >= 15 is 0 Å². The Morgan fingerprint density at radius 1 is 1.29 bits per heavy atom. The number of carbonyl (C=O) groups excluding carboxylic acids is 1. The van der Waals surface area contributed by atoms with E-state index in [2.05, 4.69) is 15.5 Å². The molecule has 1 N–H and O–H groups in total. The summed E-state index contributed by atoms with van der Waals surface area (Å²) < 4.78 is 13.2. The minimum Gasteiger partial charge on any atom is -0.369 e. The van der Waals surface area contributed by atoms with Crippen molar-refractivity contribution < 1.29 is 9.18 Å². The summed E-state index contributed by atoms with van der Waals surface area (Å²) in [6.07, 6.45) is 0.977. The van der Waals surface area contributed by atoms with Crippen LogP contribution in [-0.2, 0) is 0 Å². The van der Waals surface area contributed by atoms with Crippen LogP contribution in [0.15, 0.2) is 36.4 Å². The van der Waals surface area contributed by atoms with E-state index in [1.807, 2.05) is 6.92 Å². The molecular weight excluding hydrogens is 271 g/mol. The zero-order valence-electron chi connectivity index (χ0n) is 12.0. The molecule has 0 aliphatic rings. The van der Waals surface area contributed by atoms with Gasteiger partial charge in [-0.2, -0.15) is 0 Å². The molecule has 2 rings (SSSR count). The summed E-state index contributed by atoms with van der Waals surface area (Å²) in [6.45, 7) is 2.84. The molecule has 1 amide bonds. The van der Waals surface area contributed by atoms with Crippen LogP contribution in [0.3, 0.4) is 0 Å². The summed E-state index contributed by atoms with van der Waals surface area (Å²) in [4.78, 5) is 13.6. The number of anilines is 2. The Morgan fingerprint density at radius 3 is 2.71 bits per heavy atom. The lowest BCUT2D eigenvalue weighted by atomic mass is 10.2. The molecule has 1 aromatic heterocycles. The third-order valence-electron chi connectivity index (χ3n) is 2.94. The van der Waals surface area contributed by atoms with Crippen molar-refractivity contribution in [1.29, 1.82) is 0 Å². The van der Waals surface area contributed by atoms with Crippen molar-refractivity contribution >= 4 is 17.4 Å². The van der Waals surface area contributed by atoms with Crippen LogP contribution in [0.25, 0.3) is 0 Å². The highest BCUT2D eigenvalue weighted by atomic mass is 19.1. The Balaban J connectivity index is 2.12. The van der Waals surface area contributed by atoms with Crippen LogP contribution < -0.4 is 10.2 Å². The Kier molecular flexibility index (Phi) is 4.81. The van der Waals surface area contributed by atoms with Crippen LogP contribution in [0.2, 0.25) is 0 Å². The summed E-state index contributed by atoms with van der Waals surface area (Å²) in [5.41, 5.74) is 0.679. The maximum Gasteiger partial charge on any atom is 0.278 e. The number of carbonyl (C=O) groups is 1. The van der Waals surface area contributed by atoms with Gasteiger partial charge in [0, 0.05) is 19.3 Å². The van der Waals surface area contributed by atoms with Crippen molar-refractivity contribution in [2.24, 2.45) is 0 Å². The number of benzene rings is 1. The Labute approximate surface area is 122 Å². The highest BCUT2D eigenvalue weighted by Crippen LogP contribution is 2.16. The molecule has 0 atom stereocenters. The summed E-state index contributed by atoms with van der Waals surface area (Å²) in [5.74, 6) is -0.103. The maximum absolute atomic E-state index is 13.2. The highest BCUT2D eigenvalue weighted by molar-refractivity contribution is 6.04. The van der Waals surface area contributed by atoms with E-state index in [1.54, 1.807) is 31.3 Å². The molecule has 21 heavy (non-hydrogen) atoms. The summed E-state index contributed by atoms with van der Waals surface area (Å²) >= 11 is 0. The van der Waals surface area contributed by atoms with E-state index < -0.39 is 5.82 Å². The second-order valence-electron chi connectivity index (χ2n) is 4.57. The van der Waals surface area contributed by atoms with Crippen LogP contribution >= 0.6 is 0 Å². The molecule has 1 aromatic carbocycles. The molecule has 0 radical (unpaired) electrons. The average Bonchev–Trinajstić information content (AvgIpc) is 2.52.